The summed E-state index contributed by atoms with van der Waals surface area (Å²) in [6, 6.07) is -0.751. The molecule has 0 aliphatic rings. The van der Waals surface area contributed by atoms with Gasteiger partial charge in [-0.05, 0) is 26.2 Å². The molecule has 0 heterocycles. The Hall–Kier alpha value is -0.353. The van der Waals surface area contributed by atoms with E-state index < -0.39 is 24.2 Å². The maximum Gasteiger partial charge on any atom is 1.00 e. The van der Waals surface area contributed by atoms with Crippen molar-refractivity contribution in [1.29, 1.82) is 0 Å². The summed E-state index contributed by atoms with van der Waals surface area (Å²) in [5.41, 5.74) is 0. The summed E-state index contributed by atoms with van der Waals surface area (Å²) in [4.78, 5) is 12.8. The summed E-state index contributed by atoms with van der Waals surface area (Å²) in [6.07, 6.45) is 4.81. The number of hydrogen-bond acceptors (Lipinski definition) is 6. The minimum atomic E-state index is -1.14. The van der Waals surface area contributed by atoms with Gasteiger partial charge >= 0.3 is 18.9 Å². The van der Waals surface area contributed by atoms with Gasteiger partial charge in [-0.1, -0.05) is 25.8 Å². The summed E-state index contributed by atoms with van der Waals surface area (Å²) in [5, 5.41) is 33.9. The van der Waals surface area contributed by atoms with Crippen LogP contribution in [-0.2, 0) is 4.79 Å². The van der Waals surface area contributed by atoms with Crippen LogP contribution in [0.25, 0.3) is 0 Å². The van der Waals surface area contributed by atoms with Gasteiger partial charge in [0.1, 0.15) is 0 Å². The smallest absolute Gasteiger partial charge is 0.548 e. The summed E-state index contributed by atoms with van der Waals surface area (Å²) in [6.45, 7) is 9.03. The van der Waals surface area contributed by atoms with Crippen molar-refractivity contribution >= 4 is 5.97 Å². The van der Waals surface area contributed by atoms with Crippen molar-refractivity contribution in [2.45, 2.75) is 64.2 Å². The van der Waals surface area contributed by atoms with E-state index in [0.717, 1.165) is 19.3 Å². The van der Waals surface area contributed by atoms with Crippen molar-refractivity contribution in [3.05, 3.63) is 12.7 Å². The molecule has 0 bridgehead atoms. The maximum atomic E-state index is 11.1. The molecule has 0 aliphatic carbocycles. The van der Waals surface area contributed by atoms with E-state index in [4.69, 9.17) is 0 Å². The number of nitrogens with zero attached hydrogens (tertiary/aromatic N) is 1. The molecule has 0 aromatic carbocycles. The third-order valence-corrected chi connectivity index (χ3v) is 3.88. The molecule has 0 amide bonds. The van der Waals surface area contributed by atoms with Crippen LogP contribution in [0.1, 0.15) is 46.0 Å². The van der Waals surface area contributed by atoms with Crippen molar-refractivity contribution in [3.8, 4) is 0 Å². The van der Waals surface area contributed by atoms with Crippen molar-refractivity contribution in [1.82, 2.24) is 10.2 Å². The predicted octanol–water partition coefficient (Wildman–Crippen LogP) is -3.10. The van der Waals surface area contributed by atoms with Gasteiger partial charge in [0.25, 0.3) is 0 Å². The molecule has 0 aromatic heterocycles. The number of rotatable bonds is 15. The van der Waals surface area contributed by atoms with Gasteiger partial charge in [-0.25, -0.2) is 0 Å². The van der Waals surface area contributed by atoms with Crippen molar-refractivity contribution < 1.29 is 39.0 Å². The summed E-state index contributed by atoms with van der Waals surface area (Å²) in [5.74, 6) is -1.14. The molecule has 136 valence electrons. The maximum absolute atomic E-state index is 11.1. The molecule has 0 rings (SSSR count). The first-order chi connectivity index (χ1) is 10.9. The molecule has 0 aliphatic heterocycles. The Balaban J connectivity index is 0. The van der Waals surface area contributed by atoms with E-state index in [9.17, 15) is 20.1 Å². The zero-order valence-electron chi connectivity index (χ0n) is 15.5. The van der Waals surface area contributed by atoms with Crippen LogP contribution in [0.15, 0.2) is 12.7 Å². The second-order valence-corrected chi connectivity index (χ2v) is 6.01. The molecule has 3 N–H and O–H groups in total. The molecule has 0 fully saturated rings. The SMILES string of the molecule is C=CCCC(O)CNCCN(CC(O)CCCC)C(C)C(=O)[O-].[Li+]. The number of aliphatic hydroxyl groups is 2. The second kappa shape index (κ2) is 16.1. The van der Waals surface area contributed by atoms with Crippen LogP contribution in [-0.4, -0.2) is 65.5 Å². The third-order valence-electron chi connectivity index (χ3n) is 3.88. The Bertz CT molecular complexity index is 332. The molecule has 6 nitrogen and oxygen atoms in total. The van der Waals surface area contributed by atoms with Crippen molar-refractivity contribution in [2.24, 2.45) is 0 Å². The van der Waals surface area contributed by atoms with E-state index in [1.807, 2.05) is 0 Å². The van der Waals surface area contributed by atoms with Gasteiger partial charge in [0.05, 0.1) is 18.2 Å². The monoisotopic (exact) mass is 336 g/mol. The number of aliphatic hydroxyl groups excluding tert-OH is 2. The number of hydrogen-bond donors (Lipinski definition) is 3. The average Bonchev–Trinajstić information content (AvgIpc) is 2.52. The number of unbranched alkanes of at least 4 members (excludes halogenated alkanes) is 1. The summed E-state index contributed by atoms with van der Waals surface area (Å²) in [7, 11) is 0. The molecule has 3 atom stereocenters. The van der Waals surface area contributed by atoms with Crippen molar-refractivity contribution in [3.63, 3.8) is 0 Å². The predicted molar refractivity (Wildman–Crippen MR) is 89.9 cm³/mol. The Morgan fingerprint density at radius 3 is 2.54 bits per heavy atom. The first-order valence-corrected chi connectivity index (χ1v) is 8.55. The average molecular weight is 336 g/mol. The molecule has 0 spiro atoms. The largest absolute Gasteiger partial charge is 1.00 e. The number of carboxylic acids is 1. The van der Waals surface area contributed by atoms with E-state index in [1.165, 1.54) is 0 Å². The molecule has 24 heavy (non-hydrogen) atoms. The molecule has 0 saturated heterocycles. The van der Waals surface area contributed by atoms with Gasteiger partial charge in [0.15, 0.2) is 0 Å². The molecule has 3 unspecified atom stereocenters. The van der Waals surface area contributed by atoms with E-state index in [2.05, 4.69) is 18.8 Å². The molecular formula is C17H33LiN2O4. The van der Waals surface area contributed by atoms with Gasteiger partial charge in [-0.2, -0.15) is 0 Å². The van der Waals surface area contributed by atoms with Gasteiger partial charge in [0, 0.05) is 32.2 Å². The van der Waals surface area contributed by atoms with Crippen LogP contribution in [0.4, 0.5) is 0 Å². The van der Waals surface area contributed by atoms with Crippen LogP contribution < -0.4 is 29.3 Å². The van der Waals surface area contributed by atoms with E-state index >= 15 is 0 Å². The summed E-state index contributed by atoms with van der Waals surface area (Å²) >= 11 is 0. The number of carbonyl (C=O) groups is 1. The fourth-order valence-corrected chi connectivity index (χ4v) is 2.30. The van der Waals surface area contributed by atoms with Crippen LogP contribution in [0.5, 0.6) is 0 Å². The number of allylic oxidation sites excluding steroid dienone is 1. The number of carbonyl (C=O) groups excluding carboxylic acids is 1. The third kappa shape index (κ3) is 13.0. The van der Waals surface area contributed by atoms with Gasteiger partial charge in [0.2, 0.25) is 0 Å². The van der Waals surface area contributed by atoms with Gasteiger partial charge < -0.3 is 25.4 Å². The van der Waals surface area contributed by atoms with Crippen LogP contribution in [0.3, 0.4) is 0 Å². The van der Waals surface area contributed by atoms with Crippen molar-refractivity contribution in [2.75, 3.05) is 26.2 Å². The summed E-state index contributed by atoms with van der Waals surface area (Å²) < 4.78 is 0. The zero-order valence-corrected chi connectivity index (χ0v) is 15.5. The first kappa shape index (κ1) is 25.9. The van der Waals surface area contributed by atoms with Crippen LogP contribution >= 0.6 is 0 Å². The molecule has 7 heteroatoms. The minimum absolute atomic E-state index is 0. The zero-order chi connectivity index (χ0) is 17.7. The molecule has 0 saturated carbocycles. The topological polar surface area (TPSA) is 95.9 Å². The van der Waals surface area contributed by atoms with Gasteiger partial charge in [-0.15, -0.1) is 6.58 Å². The fourth-order valence-electron chi connectivity index (χ4n) is 2.30. The second-order valence-electron chi connectivity index (χ2n) is 6.01. The quantitative estimate of drug-likeness (QED) is 0.167. The fraction of sp³-hybridized carbons (Fsp3) is 0.824. The normalized spacial score (nSPS) is 14.7. The minimum Gasteiger partial charge on any atom is -0.548 e. The van der Waals surface area contributed by atoms with Gasteiger partial charge in [-0.3, -0.25) is 4.90 Å². The Kier molecular flexibility index (Phi) is 17.4. The van der Waals surface area contributed by atoms with E-state index in [-0.39, 0.29) is 18.9 Å². The molecule has 0 aromatic rings. The molecule has 0 radical (unpaired) electrons. The Morgan fingerprint density at radius 2 is 2.00 bits per heavy atom. The first-order valence-electron chi connectivity index (χ1n) is 8.55. The Morgan fingerprint density at radius 1 is 1.33 bits per heavy atom. The van der Waals surface area contributed by atoms with E-state index in [1.54, 1.807) is 17.9 Å². The number of carboxylic acid groups (broad SMARTS) is 1. The van der Waals surface area contributed by atoms with Crippen LogP contribution in [0, 0.1) is 0 Å². The van der Waals surface area contributed by atoms with Crippen LogP contribution in [0.2, 0.25) is 0 Å². The standard InChI is InChI=1S/C17H34N2O4.Li/c1-4-6-8-15(20)12-18-10-11-19(14(3)17(22)23)13-16(21)9-7-5-2;/h4,14-16,18,20-21H,1,5-13H2,2-3H3,(H,22,23);/q;+1/p-1. The number of aliphatic carboxylic acids is 1. The number of nitrogens with one attached hydrogen (secondary N) is 1. The van der Waals surface area contributed by atoms with E-state index in [0.29, 0.717) is 39.0 Å². The molecular weight excluding hydrogens is 303 g/mol. The Labute approximate surface area is 158 Å².